The van der Waals surface area contributed by atoms with E-state index in [0.29, 0.717) is 22.3 Å². The van der Waals surface area contributed by atoms with E-state index in [1.54, 1.807) is 0 Å². The molecule has 2 aromatic rings. The van der Waals surface area contributed by atoms with E-state index in [9.17, 15) is 19.2 Å². The molecule has 2 aromatic carbocycles. The molecule has 170 valence electrons. The van der Waals surface area contributed by atoms with Crippen LogP contribution in [0.1, 0.15) is 48.9 Å². The topological polar surface area (TPSA) is 136 Å². The first-order valence-corrected chi connectivity index (χ1v) is 8.41. The first-order chi connectivity index (χ1) is 14.4. The van der Waals surface area contributed by atoms with E-state index in [0.717, 1.165) is 7.11 Å². The molecule has 0 atom stereocenters. The molecule has 0 fully saturated rings. The smallest absolute Gasteiger partial charge is 0.337 e. The molecule has 0 radical (unpaired) electrons. The van der Waals surface area contributed by atoms with E-state index in [2.05, 4.69) is 14.2 Å². The Balaban J connectivity index is 0. The highest BCUT2D eigenvalue weighted by Crippen LogP contribution is 2.07. The lowest BCUT2D eigenvalue weighted by Crippen LogP contribution is -2.06. The Bertz CT molecular complexity index is 684. The van der Waals surface area contributed by atoms with Gasteiger partial charge in [0.25, 0.3) is 0 Å². The lowest BCUT2D eigenvalue weighted by molar-refractivity contribution is 0.0586. The maximum absolute atomic E-state index is 11.0. The van der Waals surface area contributed by atoms with E-state index < -0.39 is 24.5 Å². The molecule has 0 aliphatic rings. The minimum atomic E-state index is -0.530. The van der Waals surface area contributed by atoms with Crippen LogP contribution in [-0.4, -0.2) is 69.0 Å². The highest BCUT2D eigenvalue weighted by molar-refractivity contribution is 5.98. The van der Waals surface area contributed by atoms with Gasteiger partial charge in [0.1, 0.15) is 6.61 Å². The molecule has 0 aliphatic heterocycles. The first kappa shape index (κ1) is 29.6. The van der Waals surface area contributed by atoms with Crippen LogP contribution in [-0.2, 0) is 14.2 Å². The van der Waals surface area contributed by atoms with Gasteiger partial charge in [0, 0.05) is 12.7 Å². The quantitative estimate of drug-likeness (QED) is 0.410. The summed E-state index contributed by atoms with van der Waals surface area (Å²) < 4.78 is 13.5. The number of Topliss-reactive ketones (excluding diaryl/α,β-unsaturated/α-hetero) is 1. The summed E-state index contributed by atoms with van der Waals surface area (Å²) in [6, 6.07) is 12.0. The molecule has 31 heavy (non-hydrogen) atoms. The van der Waals surface area contributed by atoms with Gasteiger partial charge in [-0.1, -0.05) is 19.6 Å². The van der Waals surface area contributed by atoms with Crippen LogP contribution in [0.25, 0.3) is 0 Å². The van der Waals surface area contributed by atoms with Crippen molar-refractivity contribution in [2.24, 2.45) is 0 Å². The van der Waals surface area contributed by atoms with E-state index >= 15 is 0 Å². The maximum Gasteiger partial charge on any atom is 0.337 e. The summed E-state index contributed by atoms with van der Waals surface area (Å²) >= 11 is 0. The standard InChI is InChI=1S/2C10H10O4.CH4O.CH4/c1-13-9(11)7-3-5-8(6-4-7)10(12)14-2;1-14-10(13)8-4-2-7(3-5-8)9(12)6-11;1-2;/h3-6H,1-2H3;2-5,11H,6H2,1H3;2H,1H3;1H4. The van der Waals surface area contributed by atoms with Crippen molar-refractivity contribution >= 4 is 23.7 Å². The fourth-order valence-corrected chi connectivity index (χ4v) is 1.98. The zero-order chi connectivity index (χ0) is 23.1. The molecule has 0 heterocycles. The molecule has 9 nitrogen and oxygen atoms in total. The summed E-state index contributed by atoms with van der Waals surface area (Å²) in [5.41, 5.74) is 1.56. The average molecular weight is 436 g/mol. The number of aliphatic hydroxyl groups is 2. The Morgan fingerprint density at radius 3 is 1.03 bits per heavy atom. The van der Waals surface area contributed by atoms with Crippen LogP contribution >= 0.6 is 0 Å². The van der Waals surface area contributed by atoms with Gasteiger partial charge < -0.3 is 24.4 Å². The van der Waals surface area contributed by atoms with E-state index in [-0.39, 0.29) is 13.2 Å². The number of esters is 3. The van der Waals surface area contributed by atoms with Crippen LogP contribution in [0, 0.1) is 0 Å². The summed E-state index contributed by atoms with van der Waals surface area (Å²) in [7, 11) is 4.89. The van der Waals surface area contributed by atoms with E-state index in [4.69, 9.17) is 10.2 Å². The number of carbonyl (C=O) groups is 4. The van der Waals surface area contributed by atoms with Crippen molar-refractivity contribution < 1.29 is 43.6 Å². The molecule has 9 heteroatoms. The number of ketones is 1. The van der Waals surface area contributed by atoms with Gasteiger partial charge >= 0.3 is 17.9 Å². The zero-order valence-corrected chi connectivity index (χ0v) is 17.1. The minimum Gasteiger partial charge on any atom is -0.465 e. The summed E-state index contributed by atoms with van der Waals surface area (Å²) in [5.74, 6) is -1.68. The average Bonchev–Trinajstić information content (AvgIpc) is 2.83. The van der Waals surface area contributed by atoms with Crippen molar-refractivity contribution in [3.63, 3.8) is 0 Å². The van der Waals surface area contributed by atoms with Gasteiger partial charge in [-0.05, 0) is 36.4 Å². The third kappa shape index (κ3) is 9.66. The molecule has 0 saturated heterocycles. The molecule has 0 bridgehead atoms. The van der Waals surface area contributed by atoms with Crippen LogP contribution in [0.2, 0.25) is 0 Å². The minimum absolute atomic E-state index is 0. The number of benzene rings is 2. The molecular weight excluding hydrogens is 408 g/mol. The van der Waals surface area contributed by atoms with Crippen LogP contribution in [0.15, 0.2) is 48.5 Å². The second-order valence-corrected chi connectivity index (χ2v) is 5.21. The third-order valence-electron chi connectivity index (χ3n) is 3.50. The number of hydrogen-bond donors (Lipinski definition) is 2. The Morgan fingerprint density at radius 1 is 0.613 bits per heavy atom. The highest BCUT2D eigenvalue weighted by atomic mass is 16.5. The van der Waals surface area contributed by atoms with Crippen molar-refractivity contribution in [2.75, 3.05) is 35.0 Å². The second-order valence-electron chi connectivity index (χ2n) is 5.21. The fourth-order valence-electron chi connectivity index (χ4n) is 1.98. The number of hydrogen-bond acceptors (Lipinski definition) is 9. The molecule has 0 unspecified atom stereocenters. The second kappa shape index (κ2) is 16.3. The third-order valence-corrected chi connectivity index (χ3v) is 3.50. The molecule has 0 aromatic heterocycles. The van der Waals surface area contributed by atoms with Crippen LogP contribution in [0.4, 0.5) is 0 Å². The van der Waals surface area contributed by atoms with Crippen molar-refractivity contribution in [2.45, 2.75) is 7.43 Å². The first-order valence-electron chi connectivity index (χ1n) is 8.41. The number of methoxy groups -OCH3 is 3. The molecular formula is C22H28O9. The molecule has 0 saturated carbocycles. The van der Waals surface area contributed by atoms with Crippen LogP contribution < -0.4 is 0 Å². The number of carbonyl (C=O) groups excluding carboxylic acids is 4. The summed E-state index contributed by atoms with van der Waals surface area (Å²) in [6.07, 6.45) is 0. The molecule has 0 aliphatic carbocycles. The Morgan fingerprint density at radius 2 is 0.839 bits per heavy atom. The van der Waals surface area contributed by atoms with Gasteiger partial charge in [-0.15, -0.1) is 0 Å². The van der Waals surface area contributed by atoms with E-state index in [1.165, 1.54) is 69.9 Å². The molecule has 2 rings (SSSR count). The van der Waals surface area contributed by atoms with Gasteiger partial charge in [0.15, 0.2) is 5.78 Å². The van der Waals surface area contributed by atoms with Crippen LogP contribution in [0.5, 0.6) is 0 Å². The highest BCUT2D eigenvalue weighted by Gasteiger charge is 2.08. The van der Waals surface area contributed by atoms with Crippen molar-refractivity contribution in [1.29, 1.82) is 0 Å². The summed E-state index contributed by atoms with van der Waals surface area (Å²) in [5, 5.41) is 15.6. The van der Waals surface area contributed by atoms with Crippen molar-refractivity contribution in [1.82, 2.24) is 0 Å². The lowest BCUT2D eigenvalue weighted by atomic mass is 10.1. The Hall–Kier alpha value is -3.56. The van der Waals surface area contributed by atoms with E-state index in [1.807, 2.05) is 0 Å². The van der Waals surface area contributed by atoms with Gasteiger partial charge in [0.05, 0.1) is 38.0 Å². The SMILES string of the molecule is C.CO.COC(=O)c1ccc(C(=O)CO)cc1.COC(=O)c1ccc(C(=O)OC)cc1. The number of ether oxygens (including phenoxy) is 3. The Kier molecular flexibility index (Phi) is 15.5. The zero-order valence-electron chi connectivity index (χ0n) is 17.1. The van der Waals surface area contributed by atoms with Gasteiger partial charge in [-0.2, -0.15) is 0 Å². The molecule has 0 amide bonds. The predicted molar refractivity (Wildman–Crippen MR) is 113 cm³/mol. The molecule has 2 N–H and O–H groups in total. The lowest BCUT2D eigenvalue weighted by Gasteiger charge is -2.00. The summed E-state index contributed by atoms with van der Waals surface area (Å²) in [4.78, 5) is 44.1. The number of rotatable bonds is 5. The number of aliphatic hydroxyl groups excluding tert-OH is 2. The van der Waals surface area contributed by atoms with Crippen molar-refractivity contribution in [3.8, 4) is 0 Å². The maximum atomic E-state index is 11.0. The van der Waals surface area contributed by atoms with Crippen LogP contribution in [0.3, 0.4) is 0 Å². The largest absolute Gasteiger partial charge is 0.465 e. The van der Waals surface area contributed by atoms with Gasteiger partial charge in [0.2, 0.25) is 0 Å². The van der Waals surface area contributed by atoms with Gasteiger partial charge in [-0.3, -0.25) is 4.79 Å². The normalized spacial score (nSPS) is 8.71. The summed E-state index contributed by atoms with van der Waals surface area (Å²) in [6.45, 7) is -0.530. The molecule has 0 spiro atoms. The van der Waals surface area contributed by atoms with Crippen molar-refractivity contribution in [3.05, 3.63) is 70.8 Å². The predicted octanol–water partition coefficient (Wildman–Crippen LogP) is 2.15. The van der Waals surface area contributed by atoms with Gasteiger partial charge in [-0.25, -0.2) is 14.4 Å². The fraction of sp³-hybridized carbons (Fsp3) is 0.273. The Labute approximate surface area is 181 Å². The monoisotopic (exact) mass is 436 g/mol.